The van der Waals surface area contributed by atoms with E-state index in [1.165, 1.54) is 0 Å². The summed E-state index contributed by atoms with van der Waals surface area (Å²) in [6.07, 6.45) is 0.999. The van der Waals surface area contributed by atoms with E-state index in [-0.39, 0.29) is 17.7 Å². The summed E-state index contributed by atoms with van der Waals surface area (Å²) in [6.45, 7) is 0. The van der Waals surface area contributed by atoms with Gasteiger partial charge in [-0.1, -0.05) is 12.1 Å². The first-order chi connectivity index (χ1) is 18.0. The molecule has 0 radical (unpaired) electrons. The zero-order valence-electron chi connectivity index (χ0n) is 21.2. The van der Waals surface area contributed by atoms with Gasteiger partial charge in [-0.15, -0.1) is 0 Å². The maximum Gasteiger partial charge on any atom is 0.174 e. The number of carbonyl (C=O) groups is 1. The SMILES string of the molecule is COc1ccc(OC)c(C2CC(=O)C3=C(C2)Nc2ccccc2NC3c2cc(Br)c(OC)c(OC)c2)c1. The molecule has 0 aromatic heterocycles. The molecule has 2 atom stereocenters. The minimum Gasteiger partial charge on any atom is -0.497 e. The number of anilines is 2. The van der Waals surface area contributed by atoms with Gasteiger partial charge in [0.25, 0.3) is 0 Å². The molecule has 2 unspecified atom stereocenters. The lowest BCUT2D eigenvalue weighted by Gasteiger charge is -2.31. The number of methoxy groups -OCH3 is 4. The zero-order chi connectivity index (χ0) is 26.1. The first-order valence-electron chi connectivity index (χ1n) is 12.0. The highest BCUT2D eigenvalue weighted by Crippen LogP contribution is 2.48. The molecular weight excluding hydrogens is 536 g/mol. The number of fused-ring (bicyclic) bond motifs is 1. The summed E-state index contributed by atoms with van der Waals surface area (Å²) in [5, 5.41) is 7.19. The summed E-state index contributed by atoms with van der Waals surface area (Å²) >= 11 is 3.61. The van der Waals surface area contributed by atoms with Crippen LogP contribution in [0.1, 0.15) is 35.9 Å². The molecule has 0 spiro atoms. The Labute approximate surface area is 224 Å². The van der Waals surface area contributed by atoms with Gasteiger partial charge in [0.2, 0.25) is 0 Å². The molecule has 5 rings (SSSR count). The van der Waals surface area contributed by atoms with Crippen molar-refractivity contribution < 1.29 is 23.7 Å². The summed E-state index contributed by atoms with van der Waals surface area (Å²) in [5.41, 5.74) is 5.29. The van der Waals surface area contributed by atoms with Crippen molar-refractivity contribution in [3.63, 3.8) is 0 Å². The second kappa shape index (κ2) is 10.4. The van der Waals surface area contributed by atoms with Gasteiger partial charge in [0, 0.05) is 29.2 Å². The average molecular weight is 565 g/mol. The van der Waals surface area contributed by atoms with Crippen molar-refractivity contribution in [1.29, 1.82) is 0 Å². The van der Waals surface area contributed by atoms with Gasteiger partial charge in [-0.2, -0.15) is 0 Å². The molecule has 3 aromatic carbocycles. The molecule has 1 aliphatic heterocycles. The molecule has 2 N–H and O–H groups in total. The Balaban J connectivity index is 1.64. The van der Waals surface area contributed by atoms with Gasteiger partial charge in [-0.25, -0.2) is 0 Å². The van der Waals surface area contributed by atoms with Crippen LogP contribution in [-0.4, -0.2) is 34.2 Å². The number of halogens is 1. The van der Waals surface area contributed by atoms with Gasteiger partial charge in [-0.05, 0) is 70.4 Å². The van der Waals surface area contributed by atoms with Crippen LogP contribution in [0, 0.1) is 0 Å². The average Bonchev–Trinajstić information content (AvgIpc) is 3.09. The monoisotopic (exact) mass is 564 g/mol. The molecule has 0 saturated carbocycles. The van der Waals surface area contributed by atoms with Crippen molar-refractivity contribution in [3.8, 4) is 23.0 Å². The van der Waals surface area contributed by atoms with Gasteiger partial charge in [0.15, 0.2) is 17.3 Å². The fourth-order valence-electron chi connectivity index (χ4n) is 5.23. The molecule has 0 bridgehead atoms. The van der Waals surface area contributed by atoms with Crippen molar-refractivity contribution in [2.24, 2.45) is 0 Å². The molecule has 192 valence electrons. The maximum absolute atomic E-state index is 13.9. The van der Waals surface area contributed by atoms with Crippen LogP contribution in [-0.2, 0) is 4.79 Å². The van der Waals surface area contributed by atoms with E-state index < -0.39 is 0 Å². The van der Waals surface area contributed by atoms with Gasteiger partial charge < -0.3 is 29.6 Å². The smallest absolute Gasteiger partial charge is 0.174 e. The van der Waals surface area contributed by atoms with Gasteiger partial charge >= 0.3 is 0 Å². The third kappa shape index (κ3) is 4.62. The first kappa shape index (κ1) is 25.0. The van der Waals surface area contributed by atoms with E-state index in [0.29, 0.717) is 29.9 Å². The summed E-state index contributed by atoms with van der Waals surface area (Å²) < 4.78 is 23.0. The maximum atomic E-state index is 13.9. The predicted molar refractivity (Wildman–Crippen MR) is 147 cm³/mol. The molecule has 0 amide bonds. The number of nitrogens with one attached hydrogen (secondary N) is 2. The zero-order valence-corrected chi connectivity index (χ0v) is 22.8. The molecular formula is C29H29BrN2O5. The summed E-state index contributed by atoms with van der Waals surface area (Å²) in [4.78, 5) is 13.9. The molecule has 2 aliphatic rings. The van der Waals surface area contributed by atoms with E-state index in [9.17, 15) is 4.79 Å². The Morgan fingerprint density at radius 1 is 0.838 bits per heavy atom. The van der Waals surface area contributed by atoms with Gasteiger partial charge in [0.05, 0.1) is 50.3 Å². The second-order valence-electron chi connectivity index (χ2n) is 9.01. The lowest BCUT2D eigenvalue weighted by molar-refractivity contribution is -0.116. The van der Waals surface area contributed by atoms with Crippen LogP contribution >= 0.6 is 15.9 Å². The Kier molecular flexibility index (Phi) is 7.02. The number of hydrogen-bond acceptors (Lipinski definition) is 7. The van der Waals surface area contributed by atoms with E-state index >= 15 is 0 Å². The summed E-state index contributed by atoms with van der Waals surface area (Å²) in [7, 11) is 6.49. The van der Waals surface area contributed by atoms with Crippen LogP contribution in [0.3, 0.4) is 0 Å². The fraction of sp³-hybridized carbons (Fsp3) is 0.276. The number of para-hydroxylation sites is 2. The molecule has 3 aromatic rings. The van der Waals surface area contributed by atoms with E-state index in [4.69, 9.17) is 18.9 Å². The third-order valence-electron chi connectivity index (χ3n) is 6.97. The number of ketones is 1. The van der Waals surface area contributed by atoms with Crippen LogP contribution < -0.4 is 29.6 Å². The van der Waals surface area contributed by atoms with Crippen molar-refractivity contribution in [3.05, 3.63) is 81.5 Å². The number of hydrogen-bond donors (Lipinski definition) is 2. The topological polar surface area (TPSA) is 78.1 Å². The minimum absolute atomic E-state index is 0.0631. The third-order valence-corrected chi connectivity index (χ3v) is 7.56. The highest BCUT2D eigenvalue weighted by Gasteiger charge is 2.37. The van der Waals surface area contributed by atoms with Crippen molar-refractivity contribution in [2.45, 2.75) is 24.8 Å². The number of ether oxygens (including phenoxy) is 4. The standard InChI is InChI=1S/C29H29BrN2O5/c1-34-18-9-10-25(35-2)19(15-18)16-12-23-27(24(33)13-16)28(32-22-8-6-5-7-21(22)31-23)17-11-20(30)29(37-4)26(14-17)36-3/h5-11,14-16,28,31-32H,12-13H2,1-4H3. The van der Waals surface area contributed by atoms with Gasteiger partial charge in [-0.3, -0.25) is 4.79 Å². The van der Waals surface area contributed by atoms with Crippen molar-refractivity contribution >= 4 is 33.1 Å². The van der Waals surface area contributed by atoms with Gasteiger partial charge in [0.1, 0.15) is 11.5 Å². The fourth-order valence-corrected chi connectivity index (χ4v) is 5.85. The number of benzene rings is 3. The van der Waals surface area contributed by atoms with Crippen molar-refractivity contribution in [1.82, 2.24) is 0 Å². The Morgan fingerprint density at radius 3 is 2.30 bits per heavy atom. The van der Waals surface area contributed by atoms with Crippen LogP contribution in [0.5, 0.6) is 23.0 Å². The Hall–Kier alpha value is -3.65. The number of Topliss-reactive ketones (excluding diaryl/α,β-unsaturated/α-hetero) is 1. The Morgan fingerprint density at radius 2 is 1.59 bits per heavy atom. The largest absolute Gasteiger partial charge is 0.497 e. The number of rotatable bonds is 6. The van der Waals surface area contributed by atoms with E-state index in [2.05, 4.69) is 26.6 Å². The second-order valence-corrected chi connectivity index (χ2v) is 9.87. The molecule has 0 saturated heterocycles. The quantitative estimate of drug-likeness (QED) is 0.355. The molecule has 37 heavy (non-hydrogen) atoms. The Bertz CT molecular complexity index is 1390. The number of carbonyl (C=O) groups excluding carboxylic acids is 1. The highest BCUT2D eigenvalue weighted by molar-refractivity contribution is 9.10. The van der Waals surface area contributed by atoms with Crippen LogP contribution in [0.4, 0.5) is 11.4 Å². The minimum atomic E-state index is -0.386. The summed E-state index contributed by atoms with van der Waals surface area (Å²) in [6, 6.07) is 17.2. The van der Waals surface area contributed by atoms with Crippen LogP contribution in [0.2, 0.25) is 0 Å². The molecule has 8 heteroatoms. The summed E-state index contributed by atoms with van der Waals surface area (Å²) in [5.74, 6) is 2.68. The molecule has 7 nitrogen and oxygen atoms in total. The molecule has 1 aliphatic carbocycles. The number of allylic oxidation sites excluding steroid dienone is 1. The highest BCUT2D eigenvalue weighted by atomic mass is 79.9. The molecule has 0 fully saturated rings. The van der Waals surface area contributed by atoms with E-state index in [1.54, 1.807) is 28.4 Å². The molecule has 1 heterocycles. The first-order valence-corrected chi connectivity index (χ1v) is 12.8. The van der Waals surface area contributed by atoms with Crippen LogP contribution in [0.25, 0.3) is 0 Å². The van der Waals surface area contributed by atoms with E-state index in [1.807, 2.05) is 54.6 Å². The normalized spacial score (nSPS) is 18.6. The lowest BCUT2D eigenvalue weighted by atomic mass is 9.78. The van der Waals surface area contributed by atoms with Crippen molar-refractivity contribution in [2.75, 3.05) is 39.1 Å². The van der Waals surface area contributed by atoms with Crippen LogP contribution in [0.15, 0.2) is 70.3 Å². The van der Waals surface area contributed by atoms with E-state index in [0.717, 1.165) is 44.2 Å². The predicted octanol–water partition coefficient (Wildman–Crippen LogP) is 6.46. The lowest BCUT2D eigenvalue weighted by Crippen LogP contribution is -2.27.